The molecular formula is C10H13NaO12. The maximum absolute atomic E-state index is 11.2. The fraction of sp³-hybridized carbons (Fsp3) is 0.500. The van der Waals surface area contributed by atoms with Crippen molar-refractivity contribution in [3.63, 3.8) is 0 Å². The zero-order valence-corrected chi connectivity index (χ0v) is 10.7. The number of carboxylic acid groups (broad SMARTS) is 5. The Kier molecular flexibility index (Phi) is 9.64. The molecule has 6 N–H and O–H groups in total. The average molecular weight is 348 g/mol. The van der Waals surface area contributed by atoms with Gasteiger partial charge in [-0.15, -0.1) is 0 Å². The van der Waals surface area contributed by atoms with Crippen LogP contribution in [0.4, 0.5) is 0 Å². The summed E-state index contributed by atoms with van der Waals surface area (Å²) in [6.45, 7) is 0. The quantitative estimate of drug-likeness (QED) is 0.218. The van der Waals surface area contributed by atoms with Gasteiger partial charge in [-0.05, 0) is 0 Å². The summed E-state index contributed by atoms with van der Waals surface area (Å²) in [4.78, 5) is 54.0. The summed E-state index contributed by atoms with van der Waals surface area (Å²) in [5, 5.41) is 52.8. The number of carbonyl (C=O) groups is 5. The van der Waals surface area contributed by atoms with E-state index in [0.29, 0.717) is 0 Å². The van der Waals surface area contributed by atoms with Crippen molar-refractivity contribution in [2.24, 2.45) is 0 Å². The molecule has 0 heterocycles. The Morgan fingerprint density at radius 3 is 1.43 bits per heavy atom. The first-order valence-corrected chi connectivity index (χ1v) is 5.41. The molecular weight excluding hydrogens is 335 g/mol. The summed E-state index contributed by atoms with van der Waals surface area (Å²) in [6, 6.07) is 0. The first-order valence-electron chi connectivity index (χ1n) is 5.41. The number of ether oxygens (including phenoxy) is 1. The molecule has 0 aromatic heterocycles. The SMILES string of the molecule is O=C(O)CC(CC(=O)O)(OC(C(=O)O)C(O)C(=O)O)C(=O)O.[NaH]. The Bertz CT molecular complexity index is 484. The molecule has 13 heteroatoms. The van der Waals surface area contributed by atoms with Gasteiger partial charge in [0.1, 0.15) is 0 Å². The van der Waals surface area contributed by atoms with Gasteiger partial charge in [-0.25, -0.2) is 14.4 Å². The molecule has 0 bridgehead atoms. The number of aliphatic carboxylic acids is 5. The molecule has 0 spiro atoms. The zero-order chi connectivity index (χ0) is 17.7. The molecule has 23 heavy (non-hydrogen) atoms. The van der Waals surface area contributed by atoms with Gasteiger partial charge in [0.15, 0.2) is 17.8 Å². The zero-order valence-electron chi connectivity index (χ0n) is 10.7. The van der Waals surface area contributed by atoms with Crippen molar-refractivity contribution in [1.82, 2.24) is 0 Å². The summed E-state index contributed by atoms with van der Waals surface area (Å²) in [5.74, 6) is -10.0. The summed E-state index contributed by atoms with van der Waals surface area (Å²) >= 11 is 0. The second kappa shape index (κ2) is 9.42. The molecule has 0 saturated heterocycles. The standard InChI is InChI=1S/C10H12O12.Na.H/c11-3(12)1-10(9(20)21,2-4(13)14)22-6(8(18)19)5(15)7(16)17;;/h5-6,15H,1-2H2,(H,11,12)(H,13,14)(H,16,17)(H,18,19)(H,20,21);;. The molecule has 0 aliphatic rings. The average Bonchev–Trinajstić information content (AvgIpc) is 2.32. The van der Waals surface area contributed by atoms with E-state index in [9.17, 15) is 29.1 Å². The van der Waals surface area contributed by atoms with E-state index in [2.05, 4.69) is 4.74 Å². The third kappa shape index (κ3) is 6.92. The number of hydrogen-bond acceptors (Lipinski definition) is 7. The van der Waals surface area contributed by atoms with Crippen LogP contribution in [0.25, 0.3) is 0 Å². The second-order valence-corrected chi connectivity index (χ2v) is 4.10. The van der Waals surface area contributed by atoms with Crippen LogP contribution < -0.4 is 0 Å². The van der Waals surface area contributed by atoms with Gasteiger partial charge in [0, 0.05) is 0 Å². The first kappa shape index (κ1) is 23.5. The van der Waals surface area contributed by atoms with Crippen LogP contribution in [0.15, 0.2) is 0 Å². The van der Waals surface area contributed by atoms with Crippen molar-refractivity contribution < 1.29 is 59.3 Å². The molecule has 0 rings (SSSR count). The Morgan fingerprint density at radius 1 is 0.826 bits per heavy atom. The van der Waals surface area contributed by atoms with Crippen LogP contribution in [0, 0.1) is 0 Å². The van der Waals surface area contributed by atoms with Gasteiger partial charge in [-0.1, -0.05) is 0 Å². The van der Waals surface area contributed by atoms with Crippen LogP contribution in [0.2, 0.25) is 0 Å². The Labute approximate surface area is 149 Å². The van der Waals surface area contributed by atoms with Crippen LogP contribution in [0.5, 0.6) is 0 Å². The van der Waals surface area contributed by atoms with Crippen LogP contribution in [-0.4, -0.2) is 108 Å². The van der Waals surface area contributed by atoms with E-state index in [0.717, 1.165) is 0 Å². The summed E-state index contributed by atoms with van der Waals surface area (Å²) in [7, 11) is 0. The maximum atomic E-state index is 11.2. The van der Waals surface area contributed by atoms with Crippen molar-refractivity contribution in [1.29, 1.82) is 0 Å². The fourth-order valence-electron chi connectivity index (χ4n) is 1.46. The van der Waals surface area contributed by atoms with Gasteiger partial charge < -0.3 is 35.4 Å². The topological polar surface area (TPSA) is 216 Å². The summed E-state index contributed by atoms with van der Waals surface area (Å²) in [6.07, 6.45) is -8.36. The first-order chi connectivity index (χ1) is 9.92. The number of rotatable bonds is 10. The van der Waals surface area contributed by atoms with Gasteiger partial charge in [-0.2, -0.15) is 0 Å². The number of aliphatic hydroxyl groups excluding tert-OH is 1. The van der Waals surface area contributed by atoms with Gasteiger partial charge in [0.05, 0.1) is 12.8 Å². The molecule has 0 saturated carbocycles. The summed E-state index contributed by atoms with van der Waals surface area (Å²) < 4.78 is 4.41. The van der Waals surface area contributed by atoms with E-state index in [4.69, 9.17) is 25.5 Å². The molecule has 0 radical (unpaired) electrons. The Morgan fingerprint density at radius 2 is 1.22 bits per heavy atom. The Hall–Kier alpha value is -1.73. The van der Waals surface area contributed by atoms with E-state index in [1.165, 1.54) is 0 Å². The number of carboxylic acids is 5. The number of hydrogen-bond donors (Lipinski definition) is 6. The molecule has 12 nitrogen and oxygen atoms in total. The third-order valence-corrected chi connectivity index (χ3v) is 2.40. The molecule has 2 atom stereocenters. The van der Waals surface area contributed by atoms with Crippen molar-refractivity contribution >= 4 is 59.4 Å². The van der Waals surface area contributed by atoms with E-state index >= 15 is 0 Å². The van der Waals surface area contributed by atoms with Crippen molar-refractivity contribution in [2.75, 3.05) is 0 Å². The van der Waals surface area contributed by atoms with Crippen LogP contribution in [-0.2, 0) is 28.7 Å². The third-order valence-electron chi connectivity index (χ3n) is 2.40. The molecule has 2 unspecified atom stereocenters. The van der Waals surface area contributed by atoms with Crippen LogP contribution >= 0.6 is 0 Å². The molecule has 0 aliphatic carbocycles. The van der Waals surface area contributed by atoms with Crippen molar-refractivity contribution in [3.8, 4) is 0 Å². The predicted octanol–water partition coefficient (Wildman–Crippen LogP) is -2.97. The summed E-state index contributed by atoms with van der Waals surface area (Å²) in [5.41, 5.74) is -3.07. The molecule has 0 aliphatic heterocycles. The Balaban J connectivity index is 0. The molecule has 0 fully saturated rings. The minimum absolute atomic E-state index is 0. The van der Waals surface area contributed by atoms with Crippen molar-refractivity contribution in [2.45, 2.75) is 30.7 Å². The molecule has 0 aromatic carbocycles. The van der Waals surface area contributed by atoms with Gasteiger partial charge in [0.25, 0.3) is 0 Å². The van der Waals surface area contributed by atoms with Crippen LogP contribution in [0.3, 0.4) is 0 Å². The predicted molar refractivity (Wildman–Crippen MR) is 68.2 cm³/mol. The van der Waals surface area contributed by atoms with Gasteiger partial charge in [0.2, 0.25) is 0 Å². The fourth-order valence-corrected chi connectivity index (χ4v) is 1.46. The van der Waals surface area contributed by atoms with E-state index < -0.39 is 60.5 Å². The van der Waals surface area contributed by atoms with E-state index in [1.54, 1.807) is 0 Å². The normalized spacial score (nSPS) is 13.3. The van der Waals surface area contributed by atoms with E-state index in [1.807, 2.05) is 0 Å². The van der Waals surface area contributed by atoms with Gasteiger partial charge >= 0.3 is 59.4 Å². The van der Waals surface area contributed by atoms with E-state index in [-0.39, 0.29) is 29.6 Å². The van der Waals surface area contributed by atoms with Crippen LogP contribution in [0.1, 0.15) is 12.8 Å². The second-order valence-electron chi connectivity index (χ2n) is 4.10. The number of aliphatic hydroxyl groups is 1. The van der Waals surface area contributed by atoms with Crippen molar-refractivity contribution in [3.05, 3.63) is 0 Å². The molecule has 126 valence electrons. The van der Waals surface area contributed by atoms with Gasteiger partial charge in [-0.3, -0.25) is 9.59 Å². The molecule has 0 aromatic rings. The monoisotopic (exact) mass is 348 g/mol. The minimum atomic E-state index is -3.07. The molecule has 0 amide bonds.